The molecule has 2 aliphatic rings. The molecule has 1 aromatic rings. The van der Waals surface area contributed by atoms with E-state index >= 15 is 0 Å². The van der Waals surface area contributed by atoms with Gasteiger partial charge < -0.3 is 14.4 Å². The van der Waals surface area contributed by atoms with Crippen LogP contribution in [-0.4, -0.2) is 54.2 Å². The molecule has 146 valence electrons. The number of likely N-dealkylation sites (tertiary alicyclic amines) is 1. The van der Waals surface area contributed by atoms with Gasteiger partial charge in [0.1, 0.15) is 0 Å². The number of rotatable bonds is 7. The molecule has 0 aromatic heterocycles. The number of ether oxygens (including phenoxy) is 2. The summed E-state index contributed by atoms with van der Waals surface area (Å²) in [6, 6.07) is 6.45. The summed E-state index contributed by atoms with van der Waals surface area (Å²) in [5.41, 5.74) is 1.16. The van der Waals surface area contributed by atoms with Crippen LogP contribution in [0.25, 0.3) is 0 Å². The fourth-order valence-electron chi connectivity index (χ4n) is 3.65. The van der Waals surface area contributed by atoms with Crippen LogP contribution in [-0.2, 0) is 11.2 Å². The van der Waals surface area contributed by atoms with Crippen LogP contribution in [0, 0.1) is 11.8 Å². The van der Waals surface area contributed by atoms with Crippen molar-refractivity contribution in [1.82, 2.24) is 9.80 Å². The number of carbonyl (C=O) groups excluding carboxylic acids is 1. The lowest BCUT2D eigenvalue weighted by molar-refractivity contribution is -0.132. The van der Waals surface area contributed by atoms with Crippen molar-refractivity contribution in [2.24, 2.45) is 0 Å². The molecular weight excluding hydrogens is 340 g/mol. The van der Waals surface area contributed by atoms with Crippen LogP contribution in [0.15, 0.2) is 18.2 Å². The Kier molecular flexibility index (Phi) is 6.63. The Morgan fingerprint density at radius 1 is 1.26 bits per heavy atom. The number of likely N-dealkylation sites (N-methyl/N-ethyl adjacent to an activating group) is 1. The predicted molar refractivity (Wildman–Crippen MR) is 106 cm³/mol. The minimum Gasteiger partial charge on any atom is -0.454 e. The molecule has 1 fully saturated rings. The summed E-state index contributed by atoms with van der Waals surface area (Å²) in [6.45, 7) is 9.51. The summed E-state index contributed by atoms with van der Waals surface area (Å²) in [6.07, 6.45) is 3.27. The van der Waals surface area contributed by atoms with E-state index in [9.17, 15) is 4.79 Å². The van der Waals surface area contributed by atoms with Gasteiger partial charge in [-0.15, -0.1) is 0 Å². The second kappa shape index (κ2) is 9.14. The van der Waals surface area contributed by atoms with E-state index in [0.29, 0.717) is 13.0 Å². The smallest absolute Gasteiger partial charge is 0.234 e. The Bertz CT molecular complexity index is 718. The number of hydrogen-bond donors (Lipinski definition) is 0. The van der Waals surface area contributed by atoms with Crippen molar-refractivity contribution in [3.8, 4) is 23.3 Å². The lowest BCUT2D eigenvalue weighted by atomic mass is 10.0. The summed E-state index contributed by atoms with van der Waals surface area (Å²) >= 11 is 0. The number of amides is 1. The molecule has 0 bridgehead atoms. The largest absolute Gasteiger partial charge is 0.454 e. The molecule has 0 aliphatic carbocycles. The summed E-state index contributed by atoms with van der Waals surface area (Å²) < 4.78 is 10.9. The van der Waals surface area contributed by atoms with Crippen LogP contribution < -0.4 is 9.47 Å². The Morgan fingerprint density at radius 2 is 2.04 bits per heavy atom. The minimum atomic E-state index is 0.119. The Labute approximate surface area is 162 Å². The quantitative estimate of drug-likeness (QED) is 0.692. The molecule has 0 spiro atoms. The van der Waals surface area contributed by atoms with Gasteiger partial charge in [-0.25, -0.2) is 0 Å². The first kappa shape index (κ1) is 19.6. The highest BCUT2D eigenvalue weighted by molar-refractivity contribution is 5.79. The zero-order chi connectivity index (χ0) is 19.2. The number of fused-ring (bicyclic) bond motifs is 1. The number of benzene rings is 1. The first-order valence-corrected chi connectivity index (χ1v) is 10.0. The number of hydrogen-bond acceptors (Lipinski definition) is 4. The van der Waals surface area contributed by atoms with Gasteiger partial charge in [0.25, 0.3) is 0 Å². The molecule has 5 heteroatoms. The topological polar surface area (TPSA) is 42.0 Å². The Hall–Kier alpha value is -2.19. The molecule has 1 amide bonds. The zero-order valence-corrected chi connectivity index (χ0v) is 16.7. The van der Waals surface area contributed by atoms with Gasteiger partial charge in [-0.1, -0.05) is 24.8 Å². The highest BCUT2D eigenvalue weighted by atomic mass is 16.7. The molecular formula is C22H30N2O3. The fraction of sp³-hybridized carbons (Fsp3) is 0.591. The predicted octanol–water partition coefficient (Wildman–Crippen LogP) is 3.07. The van der Waals surface area contributed by atoms with Gasteiger partial charge in [-0.05, 0) is 50.8 Å². The first-order chi connectivity index (χ1) is 13.1. The second-order valence-electron chi connectivity index (χ2n) is 7.20. The van der Waals surface area contributed by atoms with Crippen LogP contribution in [0.2, 0.25) is 0 Å². The van der Waals surface area contributed by atoms with Crippen molar-refractivity contribution in [3.63, 3.8) is 0 Å². The maximum atomic E-state index is 12.8. The van der Waals surface area contributed by atoms with E-state index in [1.54, 1.807) is 0 Å². The molecule has 1 saturated heterocycles. The monoisotopic (exact) mass is 370 g/mol. The fourth-order valence-corrected chi connectivity index (χ4v) is 3.65. The summed E-state index contributed by atoms with van der Waals surface area (Å²) in [7, 11) is 0. The molecule has 2 atom stereocenters. The average molecular weight is 370 g/mol. The highest BCUT2D eigenvalue weighted by Crippen LogP contribution is 2.33. The lowest BCUT2D eigenvalue weighted by Crippen LogP contribution is -2.43. The molecule has 1 aromatic carbocycles. The highest BCUT2D eigenvalue weighted by Gasteiger charge is 2.22. The standard InChI is InChI=1S/C22H30N2O3/c1-4-19(14-18-10-11-20-21(15-18)27-16-26-20)24(5-2)22(25)9-6-8-17(3)23-12-7-13-23/h10-11,15,17,19H,4-5,7,9,12-14,16H2,1-3H3/t17?,19-/m1/s1. The van der Waals surface area contributed by atoms with Crippen molar-refractivity contribution in [2.75, 3.05) is 26.4 Å². The van der Waals surface area contributed by atoms with E-state index in [2.05, 4.69) is 36.7 Å². The third-order valence-corrected chi connectivity index (χ3v) is 5.47. The maximum Gasteiger partial charge on any atom is 0.234 e. The van der Waals surface area contributed by atoms with E-state index < -0.39 is 0 Å². The minimum absolute atomic E-state index is 0.119. The average Bonchev–Trinajstić information content (AvgIpc) is 3.07. The van der Waals surface area contributed by atoms with Crippen molar-refractivity contribution >= 4 is 5.91 Å². The third kappa shape index (κ3) is 4.75. The van der Waals surface area contributed by atoms with Crippen molar-refractivity contribution in [2.45, 2.75) is 58.5 Å². The summed E-state index contributed by atoms with van der Waals surface area (Å²) in [5.74, 6) is 8.04. The van der Waals surface area contributed by atoms with Crippen LogP contribution in [0.5, 0.6) is 11.5 Å². The number of carbonyl (C=O) groups is 1. The van der Waals surface area contributed by atoms with Gasteiger partial charge in [0, 0.05) is 25.7 Å². The van der Waals surface area contributed by atoms with E-state index in [1.165, 1.54) is 6.42 Å². The van der Waals surface area contributed by atoms with Crippen LogP contribution in [0.1, 0.15) is 45.6 Å². The normalized spacial score (nSPS) is 17.4. The second-order valence-corrected chi connectivity index (χ2v) is 7.20. The Balaban J connectivity index is 1.59. The molecule has 0 N–H and O–H groups in total. The van der Waals surface area contributed by atoms with Crippen molar-refractivity contribution in [3.05, 3.63) is 23.8 Å². The summed E-state index contributed by atoms with van der Waals surface area (Å²) in [4.78, 5) is 17.1. The van der Waals surface area contributed by atoms with Crippen LogP contribution >= 0.6 is 0 Å². The Morgan fingerprint density at radius 3 is 2.70 bits per heavy atom. The molecule has 2 heterocycles. The SMILES string of the molecule is CC[C@H](Cc1ccc2c(c1)OCO2)N(CC)C(=O)CC#CC(C)N1CCC1. The van der Waals surface area contributed by atoms with Crippen LogP contribution in [0.4, 0.5) is 0 Å². The van der Waals surface area contributed by atoms with Crippen LogP contribution in [0.3, 0.4) is 0 Å². The summed E-state index contributed by atoms with van der Waals surface area (Å²) in [5, 5.41) is 0. The van der Waals surface area contributed by atoms with E-state index in [1.807, 2.05) is 24.0 Å². The molecule has 3 rings (SSSR count). The van der Waals surface area contributed by atoms with Gasteiger partial charge >= 0.3 is 0 Å². The number of nitrogens with zero attached hydrogens (tertiary/aromatic N) is 2. The van der Waals surface area contributed by atoms with Gasteiger partial charge in [0.2, 0.25) is 12.7 Å². The molecule has 5 nitrogen and oxygen atoms in total. The van der Waals surface area contributed by atoms with Gasteiger partial charge in [0.15, 0.2) is 11.5 Å². The lowest BCUT2D eigenvalue weighted by Gasteiger charge is -2.33. The molecule has 1 unspecified atom stereocenters. The van der Waals surface area contributed by atoms with E-state index in [4.69, 9.17) is 9.47 Å². The molecule has 0 saturated carbocycles. The van der Waals surface area contributed by atoms with Crippen molar-refractivity contribution < 1.29 is 14.3 Å². The first-order valence-electron chi connectivity index (χ1n) is 10.0. The molecule has 2 aliphatic heterocycles. The van der Waals surface area contributed by atoms with Gasteiger partial charge in [-0.3, -0.25) is 9.69 Å². The van der Waals surface area contributed by atoms with Crippen molar-refractivity contribution in [1.29, 1.82) is 0 Å². The van der Waals surface area contributed by atoms with Gasteiger partial charge in [0.05, 0.1) is 12.5 Å². The molecule has 27 heavy (non-hydrogen) atoms. The maximum absolute atomic E-state index is 12.8. The van der Waals surface area contributed by atoms with Gasteiger partial charge in [-0.2, -0.15) is 0 Å². The third-order valence-electron chi connectivity index (χ3n) is 5.47. The molecule has 0 radical (unpaired) electrons. The van der Waals surface area contributed by atoms with E-state index in [-0.39, 0.29) is 24.8 Å². The van der Waals surface area contributed by atoms with E-state index in [0.717, 1.165) is 43.0 Å². The zero-order valence-electron chi connectivity index (χ0n) is 16.7.